The van der Waals surface area contributed by atoms with Gasteiger partial charge in [0.05, 0.1) is 16.7 Å². The van der Waals surface area contributed by atoms with Crippen molar-refractivity contribution in [3.05, 3.63) is 50.5 Å². The molecule has 0 atom stereocenters. The summed E-state index contributed by atoms with van der Waals surface area (Å²) in [5, 5.41) is 3.76. The Kier molecular flexibility index (Phi) is 3.75. The lowest BCUT2D eigenvalue weighted by molar-refractivity contribution is 0.0982. The number of carbonyl (C=O) groups excluding carboxylic acids is 1. The Morgan fingerprint density at radius 2 is 2.15 bits per heavy atom. The minimum Gasteiger partial charge on any atom is -0.298 e. The minimum absolute atomic E-state index is 0.0198. The van der Waals surface area contributed by atoms with Gasteiger partial charge in [0.25, 0.3) is 5.56 Å². The van der Waals surface area contributed by atoms with Gasteiger partial charge in [-0.1, -0.05) is 6.07 Å². The molecule has 0 bridgehead atoms. The van der Waals surface area contributed by atoms with Crippen molar-refractivity contribution >= 4 is 38.7 Å². The van der Waals surface area contributed by atoms with Crippen LogP contribution in [0.3, 0.4) is 0 Å². The molecule has 0 aliphatic heterocycles. The predicted molar refractivity (Wildman–Crippen MR) is 81.8 cm³/mol. The van der Waals surface area contributed by atoms with Crippen molar-refractivity contribution in [1.82, 2.24) is 9.55 Å². The lowest BCUT2D eigenvalue weighted by Crippen LogP contribution is -2.20. The summed E-state index contributed by atoms with van der Waals surface area (Å²) in [6, 6.07) is 5.54. The Morgan fingerprint density at radius 3 is 2.95 bits per heavy atom. The van der Waals surface area contributed by atoms with Gasteiger partial charge in [-0.15, -0.1) is 22.7 Å². The van der Waals surface area contributed by atoms with Crippen molar-refractivity contribution in [2.75, 3.05) is 0 Å². The number of aryl methyl sites for hydroxylation is 1. The van der Waals surface area contributed by atoms with Crippen LogP contribution >= 0.6 is 22.7 Å². The molecule has 0 saturated heterocycles. The number of Topliss-reactive ketones (excluding diaryl/α,β-unsaturated/α-hetero) is 1. The summed E-state index contributed by atoms with van der Waals surface area (Å²) in [5.74, 6) is 0.137. The standard InChI is InChI=1S/C14H12N2O2S2/c17-11(12-4-2-7-19-12)3-1-6-16-9-15-10-5-8-20-13(10)14(16)18/h2,4-5,7-9H,1,3,6H2. The quantitative estimate of drug-likeness (QED) is 0.680. The average Bonchev–Trinajstić information content (AvgIpc) is 3.11. The Hall–Kier alpha value is -1.79. The molecule has 3 aromatic heterocycles. The molecule has 0 amide bonds. The molecule has 0 aromatic carbocycles. The normalized spacial score (nSPS) is 11.0. The maximum absolute atomic E-state index is 12.1. The van der Waals surface area contributed by atoms with Gasteiger partial charge >= 0.3 is 0 Å². The zero-order valence-corrected chi connectivity index (χ0v) is 12.2. The van der Waals surface area contributed by atoms with Gasteiger partial charge < -0.3 is 0 Å². The predicted octanol–water partition coefficient (Wildman–Crippen LogP) is 3.18. The van der Waals surface area contributed by atoms with Crippen molar-refractivity contribution in [2.24, 2.45) is 0 Å². The third-order valence-corrected chi connectivity index (χ3v) is 4.84. The largest absolute Gasteiger partial charge is 0.298 e. The van der Waals surface area contributed by atoms with E-state index in [4.69, 9.17) is 0 Å². The molecule has 0 unspecified atom stereocenters. The van der Waals surface area contributed by atoms with Crippen LogP contribution in [0.25, 0.3) is 10.2 Å². The number of rotatable bonds is 5. The summed E-state index contributed by atoms with van der Waals surface area (Å²) in [6.07, 6.45) is 2.66. The Bertz CT molecular complexity index is 787. The summed E-state index contributed by atoms with van der Waals surface area (Å²) in [4.78, 5) is 29.0. The lowest BCUT2D eigenvalue weighted by atomic mass is 10.2. The van der Waals surface area contributed by atoms with E-state index in [1.54, 1.807) is 10.9 Å². The van der Waals surface area contributed by atoms with Crippen LogP contribution in [0, 0.1) is 0 Å². The van der Waals surface area contributed by atoms with Crippen molar-refractivity contribution in [2.45, 2.75) is 19.4 Å². The molecular formula is C14H12N2O2S2. The van der Waals surface area contributed by atoms with Gasteiger partial charge in [-0.25, -0.2) is 4.98 Å². The molecular weight excluding hydrogens is 292 g/mol. The first kappa shape index (κ1) is 13.2. The van der Waals surface area contributed by atoms with Gasteiger partial charge in [0.15, 0.2) is 5.78 Å². The van der Waals surface area contributed by atoms with Gasteiger partial charge in [-0.2, -0.15) is 0 Å². The van der Waals surface area contributed by atoms with E-state index in [1.165, 1.54) is 22.7 Å². The van der Waals surface area contributed by atoms with Crippen LogP contribution in [-0.2, 0) is 6.54 Å². The summed E-state index contributed by atoms with van der Waals surface area (Å²) in [6.45, 7) is 0.525. The average molecular weight is 304 g/mol. The zero-order valence-electron chi connectivity index (χ0n) is 10.6. The molecule has 3 heterocycles. The molecule has 4 nitrogen and oxygen atoms in total. The summed E-state index contributed by atoms with van der Waals surface area (Å²) in [5.41, 5.74) is 0.722. The van der Waals surface area contributed by atoms with Gasteiger partial charge in [-0.05, 0) is 29.3 Å². The lowest BCUT2D eigenvalue weighted by Gasteiger charge is -2.04. The second-order valence-electron chi connectivity index (χ2n) is 4.38. The first-order valence-corrected chi connectivity index (χ1v) is 8.01. The van der Waals surface area contributed by atoms with Crippen LogP contribution in [0.15, 0.2) is 40.1 Å². The van der Waals surface area contributed by atoms with Crippen molar-refractivity contribution in [3.63, 3.8) is 0 Å². The summed E-state index contributed by atoms with van der Waals surface area (Å²) >= 11 is 2.86. The second-order valence-corrected chi connectivity index (χ2v) is 6.25. The maximum atomic E-state index is 12.1. The van der Waals surface area contributed by atoms with Crippen LogP contribution in [0.5, 0.6) is 0 Å². The molecule has 0 N–H and O–H groups in total. The fourth-order valence-corrected chi connectivity index (χ4v) is 3.50. The fourth-order valence-electron chi connectivity index (χ4n) is 2.01. The fraction of sp³-hybridized carbons (Fsp3) is 0.214. The molecule has 0 fully saturated rings. The number of hydrogen-bond acceptors (Lipinski definition) is 5. The van der Waals surface area contributed by atoms with Crippen molar-refractivity contribution in [3.8, 4) is 0 Å². The van der Waals surface area contributed by atoms with Crippen molar-refractivity contribution < 1.29 is 4.79 Å². The number of hydrogen-bond donors (Lipinski definition) is 0. The van der Waals surface area contributed by atoms with Crippen LogP contribution < -0.4 is 5.56 Å². The van der Waals surface area contributed by atoms with Crippen LogP contribution in [0.2, 0.25) is 0 Å². The molecule has 0 saturated carbocycles. The number of ketones is 1. The molecule has 0 aliphatic rings. The van der Waals surface area contributed by atoms with Crippen LogP contribution in [0.4, 0.5) is 0 Å². The topological polar surface area (TPSA) is 52.0 Å². The van der Waals surface area contributed by atoms with E-state index in [2.05, 4.69) is 4.98 Å². The number of carbonyl (C=O) groups is 1. The molecule has 6 heteroatoms. The monoisotopic (exact) mass is 304 g/mol. The highest BCUT2D eigenvalue weighted by molar-refractivity contribution is 7.17. The highest BCUT2D eigenvalue weighted by Crippen LogP contribution is 2.14. The van der Waals surface area contributed by atoms with Crippen molar-refractivity contribution in [1.29, 1.82) is 0 Å². The number of fused-ring (bicyclic) bond motifs is 1. The second kappa shape index (κ2) is 5.68. The highest BCUT2D eigenvalue weighted by Gasteiger charge is 2.08. The highest BCUT2D eigenvalue weighted by atomic mass is 32.1. The number of nitrogens with zero attached hydrogens (tertiary/aromatic N) is 2. The van der Waals surface area contributed by atoms with Crippen LogP contribution in [0.1, 0.15) is 22.5 Å². The first-order valence-electron chi connectivity index (χ1n) is 6.25. The van der Waals surface area contributed by atoms with E-state index in [1.807, 2.05) is 29.0 Å². The molecule has 20 heavy (non-hydrogen) atoms. The summed E-state index contributed by atoms with van der Waals surface area (Å²) in [7, 11) is 0. The van der Waals surface area contributed by atoms with Gasteiger partial charge in [0.2, 0.25) is 0 Å². The van der Waals surface area contributed by atoms with E-state index >= 15 is 0 Å². The van der Waals surface area contributed by atoms with Gasteiger partial charge in [0, 0.05) is 13.0 Å². The SMILES string of the molecule is O=C(CCCn1cnc2ccsc2c1=O)c1cccs1. The molecule has 0 spiro atoms. The van der Waals surface area contributed by atoms with E-state index in [9.17, 15) is 9.59 Å². The number of aromatic nitrogens is 2. The van der Waals surface area contributed by atoms with Gasteiger partial charge in [-0.3, -0.25) is 14.2 Å². The minimum atomic E-state index is -0.0198. The molecule has 3 aromatic rings. The van der Waals surface area contributed by atoms with E-state index in [0.717, 1.165) is 10.4 Å². The summed E-state index contributed by atoms with van der Waals surface area (Å²) < 4.78 is 2.26. The third-order valence-electron chi connectivity index (χ3n) is 3.03. The zero-order chi connectivity index (χ0) is 13.9. The van der Waals surface area contributed by atoms with E-state index in [0.29, 0.717) is 24.1 Å². The Labute approximate surface area is 123 Å². The van der Waals surface area contributed by atoms with Crippen LogP contribution in [-0.4, -0.2) is 15.3 Å². The molecule has 3 rings (SSSR count). The Morgan fingerprint density at radius 1 is 1.25 bits per heavy atom. The molecule has 102 valence electrons. The third kappa shape index (κ3) is 2.57. The van der Waals surface area contributed by atoms with Gasteiger partial charge in [0.1, 0.15) is 4.70 Å². The number of thiophene rings is 2. The van der Waals surface area contributed by atoms with E-state index < -0.39 is 0 Å². The molecule has 0 radical (unpaired) electrons. The molecule has 0 aliphatic carbocycles. The van der Waals surface area contributed by atoms with E-state index in [-0.39, 0.29) is 11.3 Å². The smallest absolute Gasteiger partial charge is 0.271 e. The first-order chi connectivity index (χ1) is 9.75. The maximum Gasteiger partial charge on any atom is 0.271 e. The Balaban J connectivity index is 1.67.